The smallest absolute Gasteiger partial charge is 0.335 e. The highest BCUT2D eigenvalue weighted by molar-refractivity contribution is 5.87. The monoisotopic (exact) mass is 255 g/mol. The second-order valence-electron chi connectivity index (χ2n) is 3.14. The van der Waals surface area contributed by atoms with Crippen LogP contribution in [0, 0.1) is 0 Å². The van der Waals surface area contributed by atoms with Gasteiger partial charge < -0.3 is 20.3 Å². The molecule has 0 bridgehead atoms. The number of ether oxygens (including phenoxy) is 2. The number of rotatable bonds is 6. The molecule has 0 fully saturated rings. The molecule has 0 saturated heterocycles. The van der Waals surface area contributed by atoms with Crippen molar-refractivity contribution >= 4 is 5.97 Å². The summed E-state index contributed by atoms with van der Waals surface area (Å²) in [6.07, 6.45) is -0.501. The third kappa shape index (κ3) is 6.22. The first-order chi connectivity index (χ1) is 8.63. The highest BCUT2D eigenvalue weighted by atomic mass is 16.5. The van der Waals surface area contributed by atoms with Gasteiger partial charge in [-0.3, -0.25) is 0 Å². The van der Waals surface area contributed by atoms with Crippen LogP contribution in [-0.4, -0.2) is 30.5 Å². The zero-order chi connectivity index (χ0) is 14.0. The minimum Gasteiger partial charge on any atom is -0.489 e. The van der Waals surface area contributed by atoms with Crippen molar-refractivity contribution in [3.05, 3.63) is 29.8 Å². The van der Waals surface area contributed by atoms with Gasteiger partial charge in [-0.05, 0) is 25.1 Å². The van der Waals surface area contributed by atoms with E-state index in [2.05, 4.69) is 0 Å². The fourth-order valence-corrected chi connectivity index (χ4v) is 1.16. The molecule has 0 aliphatic heterocycles. The minimum atomic E-state index is -0.987. The molecule has 1 rings (SSSR count). The van der Waals surface area contributed by atoms with Gasteiger partial charge in [0.05, 0.1) is 5.56 Å². The highest BCUT2D eigenvalue weighted by Gasteiger charge is 2.06. The quantitative estimate of drug-likeness (QED) is 0.761. The van der Waals surface area contributed by atoms with E-state index in [1.807, 2.05) is 20.8 Å². The molecule has 0 amide bonds. The molecule has 1 unspecified atom stereocenters. The van der Waals surface area contributed by atoms with Gasteiger partial charge in [0.2, 0.25) is 0 Å². The molecule has 1 aromatic rings. The Balaban J connectivity index is 0.00000137. The highest BCUT2D eigenvalue weighted by Crippen LogP contribution is 2.13. The Kier molecular flexibility index (Phi) is 8.61. The molecule has 102 valence electrons. The van der Waals surface area contributed by atoms with E-state index in [0.29, 0.717) is 12.4 Å². The Morgan fingerprint density at radius 2 is 2.11 bits per heavy atom. The Bertz CT molecular complexity index is 355. The maximum absolute atomic E-state index is 10.7. The van der Waals surface area contributed by atoms with Crippen LogP contribution in [0.25, 0.3) is 0 Å². The van der Waals surface area contributed by atoms with E-state index in [-0.39, 0.29) is 12.2 Å². The van der Waals surface area contributed by atoms with Crippen molar-refractivity contribution in [2.45, 2.75) is 27.0 Å². The van der Waals surface area contributed by atoms with E-state index >= 15 is 0 Å². The summed E-state index contributed by atoms with van der Waals surface area (Å²) >= 11 is 0. The van der Waals surface area contributed by atoms with Crippen molar-refractivity contribution in [3.63, 3.8) is 0 Å². The number of carboxylic acids is 1. The van der Waals surface area contributed by atoms with Crippen LogP contribution in [0.4, 0.5) is 0 Å². The molecule has 0 spiro atoms. The predicted octanol–water partition coefficient (Wildman–Crippen LogP) is 2.11. The van der Waals surface area contributed by atoms with Crippen molar-refractivity contribution in [1.29, 1.82) is 0 Å². The normalized spacial score (nSPS) is 11.1. The number of hydrogen-bond donors (Lipinski definition) is 2. The summed E-state index contributed by atoms with van der Waals surface area (Å²) in [5.41, 5.74) is 5.75. The van der Waals surface area contributed by atoms with Gasteiger partial charge in [0.15, 0.2) is 0 Å². The van der Waals surface area contributed by atoms with Crippen molar-refractivity contribution in [2.75, 3.05) is 13.2 Å². The molecule has 18 heavy (non-hydrogen) atoms. The van der Waals surface area contributed by atoms with E-state index in [9.17, 15) is 4.79 Å². The standard InChI is InChI=1S/C11H15NO4.C2H6/c1-2-15-10(12)7-16-9-5-3-4-8(6-9)11(13)14;1-2/h3-6,10H,2,7,12H2,1H3,(H,13,14);1-2H3. The van der Waals surface area contributed by atoms with E-state index < -0.39 is 12.2 Å². The molecule has 0 radical (unpaired) electrons. The second-order valence-corrected chi connectivity index (χ2v) is 3.14. The molecular weight excluding hydrogens is 234 g/mol. The fourth-order valence-electron chi connectivity index (χ4n) is 1.16. The molecule has 0 saturated carbocycles. The zero-order valence-electron chi connectivity index (χ0n) is 11.1. The molecule has 0 heterocycles. The summed E-state index contributed by atoms with van der Waals surface area (Å²) < 4.78 is 10.4. The van der Waals surface area contributed by atoms with Crippen LogP contribution in [0.3, 0.4) is 0 Å². The number of benzene rings is 1. The van der Waals surface area contributed by atoms with Crippen LogP contribution in [0.1, 0.15) is 31.1 Å². The Hall–Kier alpha value is -1.59. The van der Waals surface area contributed by atoms with Gasteiger partial charge in [-0.2, -0.15) is 0 Å². The molecule has 1 aromatic carbocycles. The van der Waals surface area contributed by atoms with Crippen molar-refractivity contribution < 1.29 is 19.4 Å². The summed E-state index contributed by atoms with van der Waals surface area (Å²) in [5, 5.41) is 8.77. The SMILES string of the molecule is CC.CCOC(N)COc1cccc(C(=O)O)c1. The Labute approximate surface area is 108 Å². The molecule has 0 aromatic heterocycles. The van der Waals surface area contributed by atoms with E-state index in [1.54, 1.807) is 12.1 Å². The first-order valence-corrected chi connectivity index (χ1v) is 5.96. The van der Waals surface area contributed by atoms with Crippen LogP contribution >= 0.6 is 0 Å². The topological polar surface area (TPSA) is 81.8 Å². The molecule has 5 heteroatoms. The van der Waals surface area contributed by atoms with Crippen molar-refractivity contribution in [2.24, 2.45) is 5.73 Å². The van der Waals surface area contributed by atoms with Gasteiger partial charge >= 0.3 is 5.97 Å². The summed E-state index contributed by atoms with van der Waals surface area (Å²) in [7, 11) is 0. The van der Waals surface area contributed by atoms with E-state index in [0.717, 1.165) is 0 Å². The van der Waals surface area contributed by atoms with Gasteiger partial charge in [-0.1, -0.05) is 19.9 Å². The largest absolute Gasteiger partial charge is 0.489 e. The van der Waals surface area contributed by atoms with E-state index in [1.165, 1.54) is 12.1 Å². The first kappa shape index (κ1) is 16.4. The number of hydrogen-bond acceptors (Lipinski definition) is 4. The van der Waals surface area contributed by atoms with Gasteiger partial charge in [-0.15, -0.1) is 0 Å². The third-order valence-electron chi connectivity index (χ3n) is 1.88. The van der Waals surface area contributed by atoms with Crippen LogP contribution in [0.2, 0.25) is 0 Å². The van der Waals surface area contributed by atoms with Crippen LogP contribution < -0.4 is 10.5 Å². The molecule has 0 aliphatic rings. The molecule has 1 atom stereocenters. The lowest BCUT2D eigenvalue weighted by Gasteiger charge is -2.13. The number of nitrogens with two attached hydrogens (primary N) is 1. The van der Waals surface area contributed by atoms with Crippen molar-refractivity contribution in [3.8, 4) is 5.75 Å². The molecule has 5 nitrogen and oxygen atoms in total. The lowest BCUT2D eigenvalue weighted by Crippen LogP contribution is -2.30. The maximum Gasteiger partial charge on any atom is 0.335 e. The lowest BCUT2D eigenvalue weighted by molar-refractivity contribution is 0.0321. The van der Waals surface area contributed by atoms with Crippen molar-refractivity contribution in [1.82, 2.24) is 0 Å². The molecule has 3 N–H and O–H groups in total. The first-order valence-electron chi connectivity index (χ1n) is 5.96. The molecule has 0 aliphatic carbocycles. The summed E-state index contributed by atoms with van der Waals surface area (Å²) in [6, 6.07) is 6.23. The van der Waals surface area contributed by atoms with Gasteiger partial charge in [0.1, 0.15) is 18.6 Å². The lowest BCUT2D eigenvalue weighted by atomic mass is 10.2. The molecular formula is C13H21NO4. The van der Waals surface area contributed by atoms with Gasteiger partial charge in [0.25, 0.3) is 0 Å². The number of carboxylic acid groups (broad SMARTS) is 1. The van der Waals surface area contributed by atoms with Crippen LogP contribution in [0.5, 0.6) is 5.75 Å². The Morgan fingerprint density at radius 3 is 2.67 bits per heavy atom. The minimum absolute atomic E-state index is 0.183. The van der Waals surface area contributed by atoms with Gasteiger partial charge in [-0.25, -0.2) is 4.79 Å². The number of carbonyl (C=O) groups is 1. The Morgan fingerprint density at radius 1 is 1.44 bits per heavy atom. The zero-order valence-corrected chi connectivity index (χ0v) is 11.1. The second kappa shape index (κ2) is 9.44. The average Bonchev–Trinajstić information content (AvgIpc) is 2.39. The van der Waals surface area contributed by atoms with E-state index in [4.69, 9.17) is 20.3 Å². The predicted molar refractivity (Wildman–Crippen MR) is 69.8 cm³/mol. The summed E-state index contributed by atoms with van der Waals surface area (Å²) in [6.45, 7) is 6.54. The number of aromatic carboxylic acids is 1. The van der Waals surface area contributed by atoms with Gasteiger partial charge in [0, 0.05) is 6.61 Å². The summed E-state index contributed by atoms with van der Waals surface area (Å²) in [5.74, 6) is -0.519. The third-order valence-corrected chi connectivity index (χ3v) is 1.88. The summed E-state index contributed by atoms with van der Waals surface area (Å²) in [4.78, 5) is 10.7. The van der Waals surface area contributed by atoms with Crippen LogP contribution in [-0.2, 0) is 4.74 Å². The average molecular weight is 255 g/mol. The fraction of sp³-hybridized carbons (Fsp3) is 0.462. The maximum atomic E-state index is 10.7. The van der Waals surface area contributed by atoms with Crippen LogP contribution in [0.15, 0.2) is 24.3 Å².